The second-order valence-corrected chi connectivity index (χ2v) is 5.90. The lowest BCUT2D eigenvalue weighted by molar-refractivity contribution is 0.0952. The fourth-order valence-electron chi connectivity index (χ4n) is 2.58. The van der Waals surface area contributed by atoms with Gasteiger partial charge in [-0.25, -0.2) is 14.4 Å². The van der Waals surface area contributed by atoms with E-state index in [0.717, 1.165) is 11.6 Å². The molecule has 2 N–H and O–H groups in total. The molecule has 0 saturated carbocycles. The van der Waals surface area contributed by atoms with Crippen LogP contribution in [0.25, 0.3) is 11.0 Å². The molecule has 0 aliphatic heterocycles. The van der Waals surface area contributed by atoms with Crippen molar-refractivity contribution in [2.75, 3.05) is 7.11 Å². The number of fused-ring (bicyclic) bond motifs is 1. The van der Waals surface area contributed by atoms with Crippen LogP contribution in [0.3, 0.4) is 0 Å². The molecule has 1 aromatic heterocycles. The lowest BCUT2D eigenvalue weighted by atomic mass is 10.1. The number of carbonyl (C=O) groups is 1. The molecule has 0 aliphatic carbocycles. The van der Waals surface area contributed by atoms with Crippen molar-refractivity contribution in [3.05, 3.63) is 58.7 Å². The van der Waals surface area contributed by atoms with Crippen molar-refractivity contribution in [1.29, 1.82) is 0 Å². The molecule has 0 bridgehead atoms. The minimum absolute atomic E-state index is 0.0137. The van der Waals surface area contributed by atoms with Gasteiger partial charge >= 0.3 is 0 Å². The van der Waals surface area contributed by atoms with Crippen LogP contribution in [0.15, 0.2) is 30.3 Å². The lowest BCUT2D eigenvalue weighted by Crippen LogP contribution is -2.23. The van der Waals surface area contributed by atoms with Crippen LogP contribution < -0.4 is 10.1 Å². The molecule has 0 saturated heterocycles. The summed E-state index contributed by atoms with van der Waals surface area (Å²) in [4.78, 5) is 21.3. The van der Waals surface area contributed by atoms with Crippen LogP contribution in [-0.4, -0.2) is 28.1 Å². The van der Waals surface area contributed by atoms with E-state index in [0.29, 0.717) is 28.2 Å². The van der Waals surface area contributed by atoms with E-state index in [1.54, 1.807) is 26.0 Å². The number of aromatic hydroxyl groups is 1. The van der Waals surface area contributed by atoms with Gasteiger partial charge in [0.15, 0.2) is 11.5 Å². The maximum absolute atomic E-state index is 13.9. The normalized spacial score (nSPS) is 10.8. The molecule has 26 heavy (non-hydrogen) atoms. The molecule has 1 amide bonds. The third kappa shape index (κ3) is 3.42. The molecule has 3 rings (SSSR count). The van der Waals surface area contributed by atoms with Crippen molar-refractivity contribution >= 4 is 16.9 Å². The number of ether oxygens (including phenoxy) is 1. The molecular weight excluding hydrogens is 337 g/mol. The molecule has 1 heterocycles. The van der Waals surface area contributed by atoms with Gasteiger partial charge in [-0.05, 0) is 37.6 Å². The second kappa shape index (κ2) is 6.95. The topological polar surface area (TPSA) is 84.3 Å². The quantitative estimate of drug-likeness (QED) is 0.751. The summed E-state index contributed by atoms with van der Waals surface area (Å²) in [7, 11) is 1.44. The lowest BCUT2D eigenvalue weighted by Gasteiger charge is -2.10. The third-order valence-corrected chi connectivity index (χ3v) is 4.09. The molecule has 0 unspecified atom stereocenters. The van der Waals surface area contributed by atoms with Gasteiger partial charge in [-0.15, -0.1) is 0 Å². The summed E-state index contributed by atoms with van der Waals surface area (Å²) in [6.45, 7) is 3.76. The number of rotatable bonds is 4. The number of nitrogens with one attached hydrogen (secondary N) is 1. The molecule has 0 radical (unpaired) electrons. The minimum Gasteiger partial charge on any atom is -0.504 e. The Bertz CT molecular complexity index is 1000. The Kier molecular flexibility index (Phi) is 4.71. The Morgan fingerprint density at radius 2 is 1.92 bits per heavy atom. The van der Waals surface area contributed by atoms with Crippen LogP contribution in [0.4, 0.5) is 4.39 Å². The minimum atomic E-state index is -0.550. The predicted octanol–water partition coefficient (Wildman–Crippen LogP) is 3.03. The highest BCUT2D eigenvalue weighted by molar-refractivity contribution is 6.04. The van der Waals surface area contributed by atoms with Crippen LogP contribution in [0.2, 0.25) is 0 Å². The fraction of sp³-hybridized carbons (Fsp3) is 0.211. The van der Waals surface area contributed by atoms with Gasteiger partial charge in [0.2, 0.25) is 0 Å². The van der Waals surface area contributed by atoms with E-state index in [1.807, 2.05) is 0 Å². The number of hydrogen-bond acceptors (Lipinski definition) is 5. The number of aryl methyl sites for hydroxylation is 2. The van der Waals surface area contributed by atoms with E-state index in [-0.39, 0.29) is 17.9 Å². The maximum atomic E-state index is 13.9. The molecule has 0 atom stereocenters. The van der Waals surface area contributed by atoms with Crippen molar-refractivity contribution in [2.24, 2.45) is 0 Å². The van der Waals surface area contributed by atoms with Gasteiger partial charge in [-0.2, -0.15) is 0 Å². The SMILES string of the molecule is COc1cc(CNC(=O)c2cc(F)cc3nc(C)c(C)nc23)ccc1O. The maximum Gasteiger partial charge on any atom is 0.253 e. The number of carbonyl (C=O) groups excluding carboxylic acids is 1. The molecule has 0 aliphatic rings. The smallest absolute Gasteiger partial charge is 0.253 e. The van der Waals surface area contributed by atoms with E-state index in [4.69, 9.17) is 4.74 Å². The van der Waals surface area contributed by atoms with Gasteiger partial charge in [-0.1, -0.05) is 6.07 Å². The number of aromatic nitrogens is 2. The summed E-state index contributed by atoms with van der Waals surface area (Å²) in [6.07, 6.45) is 0. The van der Waals surface area contributed by atoms with Gasteiger partial charge in [0.05, 0.1) is 29.6 Å². The van der Waals surface area contributed by atoms with Gasteiger partial charge in [0, 0.05) is 12.6 Å². The Labute approximate surface area is 149 Å². The summed E-state index contributed by atoms with van der Waals surface area (Å²) in [5.74, 6) is -0.685. The van der Waals surface area contributed by atoms with Crippen molar-refractivity contribution in [1.82, 2.24) is 15.3 Å². The fourth-order valence-corrected chi connectivity index (χ4v) is 2.58. The summed E-state index contributed by atoms with van der Waals surface area (Å²) in [6, 6.07) is 7.17. The number of methoxy groups -OCH3 is 1. The monoisotopic (exact) mass is 355 g/mol. The third-order valence-electron chi connectivity index (χ3n) is 4.09. The molecule has 6 nitrogen and oxygen atoms in total. The molecule has 2 aromatic carbocycles. The average Bonchev–Trinajstić information content (AvgIpc) is 2.61. The van der Waals surface area contributed by atoms with E-state index in [9.17, 15) is 14.3 Å². The summed E-state index contributed by atoms with van der Waals surface area (Å²) in [5, 5.41) is 12.3. The van der Waals surface area contributed by atoms with Crippen LogP contribution >= 0.6 is 0 Å². The first-order valence-electron chi connectivity index (χ1n) is 7.97. The van der Waals surface area contributed by atoms with E-state index in [2.05, 4.69) is 15.3 Å². The zero-order valence-corrected chi connectivity index (χ0v) is 14.6. The summed E-state index contributed by atoms with van der Waals surface area (Å²) >= 11 is 0. The van der Waals surface area contributed by atoms with Crippen molar-refractivity contribution in [3.63, 3.8) is 0 Å². The first kappa shape index (κ1) is 17.6. The van der Waals surface area contributed by atoms with Gasteiger partial charge in [0.25, 0.3) is 5.91 Å². The average molecular weight is 355 g/mol. The standard InChI is InChI=1S/C19H18FN3O3/c1-10-11(2)23-18-14(7-13(20)8-15(18)22-10)19(25)21-9-12-4-5-16(24)17(6-12)26-3/h4-8,24H,9H2,1-3H3,(H,21,25). The second-order valence-electron chi connectivity index (χ2n) is 5.90. The summed E-state index contributed by atoms with van der Waals surface area (Å²) < 4.78 is 18.9. The number of phenolic OH excluding ortho intramolecular Hbond substituents is 1. The summed E-state index contributed by atoms with van der Waals surface area (Å²) in [5.41, 5.74) is 2.92. The Morgan fingerprint density at radius 3 is 2.65 bits per heavy atom. The van der Waals surface area contributed by atoms with Crippen LogP contribution in [0.5, 0.6) is 11.5 Å². The number of amides is 1. The highest BCUT2D eigenvalue weighted by atomic mass is 19.1. The Balaban J connectivity index is 1.89. The Hall–Kier alpha value is -3.22. The first-order valence-corrected chi connectivity index (χ1v) is 7.97. The van der Waals surface area contributed by atoms with E-state index < -0.39 is 11.7 Å². The van der Waals surface area contributed by atoms with Crippen molar-refractivity contribution in [2.45, 2.75) is 20.4 Å². The number of phenols is 1. The van der Waals surface area contributed by atoms with E-state index >= 15 is 0 Å². The number of halogens is 1. The molecule has 134 valence electrons. The molecular formula is C19H18FN3O3. The molecule has 7 heteroatoms. The highest BCUT2D eigenvalue weighted by Gasteiger charge is 2.15. The molecule has 3 aromatic rings. The molecule has 0 spiro atoms. The van der Waals surface area contributed by atoms with E-state index in [1.165, 1.54) is 19.2 Å². The van der Waals surface area contributed by atoms with Crippen molar-refractivity contribution < 1.29 is 19.0 Å². The van der Waals surface area contributed by atoms with Gasteiger partial charge < -0.3 is 15.2 Å². The van der Waals surface area contributed by atoms with Crippen LogP contribution in [-0.2, 0) is 6.54 Å². The number of hydrogen-bond donors (Lipinski definition) is 2. The first-order chi connectivity index (χ1) is 12.4. The van der Waals surface area contributed by atoms with Crippen LogP contribution in [0, 0.1) is 19.7 Å². The number of nitrogens with zero attached hydrogens (tertiary/aromatic N) is 2. The van der Waals surface area contributed by atoms with Crippen LogP contribution in [0.1, 0.15) is 27.3 Å². The van der Waals surface area contributed by atoms with Crippen molar-refractivity contribution in [3.8, 4) is 11.5 Å². The zero-order valence-electron chi connectivity index (χ0n) is 14.6. The zero-order chi connectivity index (χ0) is 18.8. The predicted molar refractivity (Wildman–Crippen MR) is 94.8 cm³/mol. The Morgan fingerprint density at radius 1 is 1.19 bits per heavy atom. The van der Waals surface area contributed by atoms with Gasteiger partial charge in [0.1, 0.15) is 11.3 Å². The highest BCUT2D eigenvalue weighted by Crippen LogP contribution is 2.26. The molecule has 0 fully saturated rings. The number of benzene rings is 2. The van der Waals surface area contributed by atoms with Gasteiger partial charge in [-0.3, -0.25) is 4.79 Å². The largest absolute Gasteiger partial charge is 0.504 e.